The van der Waals surface area contributed by atoms with E-state index in [1.807, 2.05) is 6.07 Å². The fourth-order valence-electron chi connectivity index (χ4n) is 4.58. The molecule has 2 unspecified atom stereocenters. The summed E-state index contributed by atoms with van der Waals surface area (Å²) in [7, 11) is 1.71. The SMILES string of the molecule is COc1ccc(C2CNCCN2CC2CN=C3c4ccccc4N=C(SC)N32)cc1. The fraction of sp³-hybridized carbons (Fsp3) is 0.391. The van der Waals surface area contributed by atoms with Gasteiger partial charge in [-0.15, -0.1) is 0 Å². The zero-order valence-electron chi connectivity index (χ0n) is 17.4. The third-order valence-electron chi connectivity index (χ3n) is 6.09. The topological polar surface area (TPSA) is 52.5 Å². The van der Waals surface area contributed by atoms with Crippen molar-refractivity contribution in [3.8, 4) is 5.75 Å². The fourth-order valence-corrected chi connectivity index (χ4v) is 5.20. The lowest BCUT2D eigenvalue weighted by Gasteiger charge is -2.40. The van der Waals surface area contributed by atoms with Crippen LogP contribution < -0.4 is 10.1 Å². The zero-order valence-corrected chi connectivity index (χ0v) is 18.2. The second kappa shape index (κ2) is 8.41. The third kappa shape index (κ3) is 3.51. The Labute approximate surface area is 182 Å². The van der Waals surface area contributed by atoms with Crippen LogP contribution in [0.3, 0.4) is 0 Å². The molecule has 30 heavy (non-hydrogen) atoms. The Morgan fingerprint density at radius 2 is 2.00 bits per heavy atom. The van der Waals surface area contributed by atoms with Crippen LogP contribution in [0.2, 0.25) is 0 Å². The molecule has 6 nitrogen and oxygen atoms in total. The second-order valence-corrected chi connectivity index (χ2v) is 8.57. The molecule has 1 fully saturated rings. The molecule has 0 saturated carbocycles. The number of benzene rings is 2. The second-order valence-electron chi connectivity index (χ2n) is 7.79. The third-order valence-corrected chi connectivity index (χ3v) is 6.75. The molecule has 3 aliphatic heterocycles. The van der Waals surface area contributed by atoms with Crippen LogP contribution in [0.5, 0.6) is 5.75 Å². The molecule has 2 aromatic carbocycles. The molecular weight excluding hydrogens is 394 g/mol. The van der Waals surface area contributed by atoms with Crippen molar-refractivity contribution in [1.82, 2.24) is 15.1 Å². The molecule has 0 aromatic heterocycles. The van der Waals surface area contributed by atoms with Crippen LogP contribution in [0.15, 0.2) is 58.5 Å². The maximum absolute atomic E-state index is 5.34. The van der Waals surface area contributed by atoms with Gasteiger partial charge in [0.2, 0.25) is 0 Å². The minimum Gasteiger partial charge on any atom is -0.497 e. The summed E-state index contributed by atoms with van der Waals surface area (Å²) in [5.41, 5.74) is 3.49. The Bertz CT molecular complexity index is 974. The molecule has 0 bridgehead atoms. The van der Waals surface area contributed by atoms with Crippen LogP contribution in [0.1, 0.15) is 17.2 Å². The van der Waals surface area contributed by atoms with E-state index in [9.17, 15) is 0 Å². The van der Waals surface area contributed by atoms with E-state index in [-0.39, 0.29) is 0 Å². The minimum atomic E-state index is 0.304. The van der Waals surface area contributed by atoms with Gasteiger partial charge in [0.15, 0.2) is 5.17 Å². The molecule has 2 aromatic rings. The number of methoxy groups -OCH3 is 1. The lowest BCUT2D eigenvalue weighted by atomic mass is 10.0. The molecule has 5 rings (SSSR count). The first kappa shape index (κ1) is 19.6. The van der Waals surface area contributed by atoms with Gasteiger partial charge in [0.05, 0.1) is 25.4 Å². The first-order valence-corrected chi connectivity index (χ1v) is 11.7. The maximum Gasteiger partial charge on any atom is 0.170 e. The molecule has 2 atom stereocenters. The van der Waals surface area contributed by atoms with Crippen molar-refractivity contribution in [2.75, 3.05) is 46.1 Å². The number of hydrogen-bond acceptors (Lipinski definition) is 7. The molecular formula is C23H27N5OS. The standard InChI is InChI=1S/C23H27N5OS/c1-29-18-9-7-16(8-10-18)21-14-24-11-12-27(21)15-17-13-25-22-19-5-3-4-6-20(19)26-23(30-2)28(17)22/h3-10,17,21,24H,11-15H2,1-2H3. The summed E-state index contributed by atoms with van der Waals surface area (Å²) in [4.78, 5) is 14.8. The lowest BCUT2D eigenvalue weighted by Crippen LogP contribution is -2.53. The van der Waals surface area contributed by atoms with Gasteiger partial charge in [-0.25, -0.2) is 4.99 Å². The predicted octanol–water partition coefficient (Wildman–Crippen LogP) is 3.14. The molecule has 0 radical (unpaired) electrons. The average molecular weight is 422 g/mol. The number of piperazine rings is 1. The molecule has 156 valence electrons. The van der Waals surface area contributed by atoms with E-state index >= 15 is 0 Å². The Hall–Kier alpha value is -2.35. The smallest absolute Gasteiger partial charge is 0.170 e. The van der Waals surface area contributed by atoms with Crippen LogP contribution in [0.25, 0.3) is 0 Å². The number of nitrogens with zero attached hydrogens (tertiary/aromatic N) is 4. The zero-order chi connectivity index (χ0) is 20.5. The predicted molar refractivity (Wildman–Crippen MR) is 124 cm³/mol. The molecule has 1 saturated heterocycles. The molecule has 3 aliphatic rings. The molecule has 7 heteroatoms. The Kier molecular flexibility index (Phi) is 5.50. The monoisotopic (exact) mass is 421 g/mol. The van der Waals surface area contributed by atoms with Crippen LogP contribution in [0.4, 0.5) is 5.69 Å². The number of hydrogen-bond donors (Lipinski definition) is 1. The Morgan fingerprint density at radius 1 is 1.17 bits per heavy atom. The maximum atomic E-state index is 5.34. The van der Waals surface area contributed by atoms with Gasteiger partial charge in [0, 0.05) is 37.8 Å². The number of rotatable bonds is 4. The number of nitrogens with one attached hydrogen (secondary N) is 1. The van der Waals surface area contributed by atoms with Crippen molar-refractivity contribution in [2.45, 2.75) is 12.1 Å². The number of thioether (sulfide) groups is 1. The van der Waals surface area contributed by atoms with E-state index in [2.05, 4.69) is 63.8 Å². The summed E-state index contributed by atoms with van der Waals surface area (Å²) < 4.78 is 5.34. The number of amidine groups is 2. The summed E-state index contributed by atoms with van der Waals surface area (Å²) >= 11 is 1.70. The van der Waals surface area contributed by atoms with Crippen molar-refractivity contribution in [3.05, 3.63) is 59.7 Å². The lowest BCUT2D eigenvalue weighted by molar-refractivity contribution is 0.140. The number of fused-ring (bicyclic) bond motifs is 3. The summed E-state index contributed by atoms with van der Waals surface area (Å²) in [5.74, 6) is 1.97. The van der Waals surface area contributed by atoms with Crippen molar-refractivity contribution in [2.24, 2.45) is 9.98 Å². The number of aliphatic imine (C=N–C) groups is 2. The summed E-state index contributed by atoms with van der Waals surface area (Å²) in [6.45, 7) is 4.77. The van der Waals surface area contributed by atoms with E-state index in [1.54, 1.807) is 18.9 Å². The van der Waals surface area contributed by atoms with Gasteiger partial charge in [-0.05, 0) is 36.1 Å². The number of ether oxygens (including phenoxy) is 1. The van der Waals surface area contributed by atoms with E-state index in [4.69, 9.17) is 14.7 Å². The van der Waals surface area contributed by atoms with Gasteiger partial charge in [-0.2, -0.15) is 0 Å². The van der Waals surface area contributed by atoms with E-state index in [0.717, 1.165) is 60.7 Å². The minimum absolute atomic E-state index is 0.304. The van der Waals surface area contributed by atoms with Gasteiger partial charge in [0.1, 0.15) is 11.6 Å². The highest BCUT2D eigenvalue weighted by Crippen LogP contribution is 2.34. The van der Waals surface area contributed by atoms with Crippen LogP contribution in [0, 0.1) is 0 Å². The van der Waals surface area contributed by atoms with Crippen molar-refractivity contribution < 1.29 is 4.74 Å². The van der Waals surface area contributed by atoms with Gasteiger partial charge in [-0.1, -0.05) is 36.0 Å². The van der Waals surface area contributed by atoms with E-state index < -0.39 is 0 Å². The number of para-hydroxylation sites is 1. The van der Waals surface area contributed by atoms with Crippen LogP contribution in [-0.4, -0.2) is 72.9 Å². The van der Waals surface area contributed by atoms with Crippen molar-refractivity contribution in [3.63, 3.8) is 0 Å². The van der Waals surface area contributed by atoms with Crippen molar-refractivity contribution >= 4 is 28.5 Å². The summed E-state index contributed by atoms with van der Waals surface area (Å²) in [6, 6.07) is 17.5. The molecule has 1 N–H and O–H groups in total. The van der Waals surface area contributed by atoms with Crippen LogP contribution >= 0.6 is 11.8 Å². The highest BCUT2D eigenvalue weighted by atomic mass is 32.2. The van der Waals surface area contributed by atoms with E-state index in [0.29, 0.717) is 12.1 Å². The molecule has 0 aliphatic carbocycles. The normalized spacial score (nSPS) is 23.5. The van der Waals surface area contributed by atoms with E-state index in [1.165, 1.54) is 5.56 Å². The molecule has 0 amide bonds. The van der Waals surface area contributed by atoms with Gasteiger partial charge >= 0.3 is 0 Å². The Morgan fingerprint density at radius 3 is 2.80 bits per heavy atom. The first-order chi connectivity index (χ1) is 14.8. The largest absolute Gasteiger partial charge is 0.497 e. The first-order valence-electron chi connectivity index (χ1n) is 10.4. The van der Waals surface area contributed by atoms with Crippen molar-refractivity contribution in [1.29, 1.82) is 0 Å². The highest BCUT2D eigenvalue weighted by Gasteiger charge is 2.38. The summed E-state index contributed by atoms with van der Waals surface area (Å²) in [5, 5.41) is 4.61. The Balaban J connectivity index is 1.39. The summed E-state index contributed by atoms with van der Waals surface area (Å²) in [6.07, 6.45) is 2.10. The van der Waals surface area contributed by atoms with Gasteiger partial charge in [-0.3, -0.25) is 14.8 Å². The molecule has 0 spiro atoms. The quantitative estimate of drug-likeness (QED) is 0.822. The van der Waals surface area contributed by atoms with Gasteiger partial charge in [0.25, 0.3) is 0 Å². The highest BCUT2D eigenvalue weighted by molar-refractivity contribution is 8.13. The molecule has 3 heterocycles. The van der Waals surface area contributed by atoms with Crippen LogP contribution in [-0.2, 0) is 0 Å². The average Bonchev–Trinajstić information content (AvgIpc) is 3.23. The van der Waals surface area contributed by atoms with Gasteiger partial charge < -0.3 is 10.1 Å².